The van der Waals surface area contributed by atoms with E-state index < -0.39 is 11.1 Å². The second kappa shape index (κ2) is 3.45. The van der Waals surface area contributed by atoms with Gasteiger partial charge in [0.05, 0.1) is 0 Å². The summed E-state index contributed by atoms with van der Waals surface area (Å²) in [6, 6.07) is 6.00. The number of aromatic hydroxyl groups is 1. The van der Waals surface area contributed by atoms with Crippen LogP contribution in [0.1, 0.15) is 0 Å². The highest BCUT2D eigenvalue weighted by Crippen LogP contribution is 2.11. The van der Waals surface area contributed by atoms with E-state index in [4.69, 9.17) is 5.11 Å². The molecule has 0 aliphatic rings. The van der Waals surface area contributed by atoms with Crippen molar-refractivity contribution in [1.29, 1.82) is 0 Å². The molecule has 0 amide bonds. The van der Waals surface area contributed by atoms with Crippen molar-refractivity contribution in [2.75, 3.05) is 0 Å². The fraction of sp³-hybridized carbons (Fsp3) is 0. The predicted octanol–water partition coefficient (Wildman–Crippen LogP) is 0.231. The molecule has 15 heavy (non-hydrogen) atoms. The van der Waals surface area contributed by atoms with Gasteiger partial charge in [0.2, 0.25) is 0 Å². The van der Waals surface area contributed by atoms with Crippen molar-refractivity contribution in [2.45, 2.75) is 0 Å². The van der Waals surface area contributed by atoms with Crippen LogP contribution in [-0.2, 0) is 0 Å². The average molecular weight is 204 g/mol. The molecule has 0 unspecified atom stereocenters. The maximum absolute atomic E-state index is 11.4. The fourth-order valence-corrected chi connectivity index (χ4v) is 1.24. The zero-order valence-corrected chi connectivity index (χ0v) is 7.68. The Morgan fingerprint density at radius 3 is 2.47 bits per heavy atom. The number of nitrogens with zero attached hydrogens (tertiary/aromatic N) is 1. The van der Waals surface area contributed by atoms with Gasteiger partial charge in [0, 0.05) is 18.1 Å². The lowest BCUT2D eigenvalue weighted by atomic mass is 10.3. The second-order valence-corrected chi connectivity index (χ2v) is 2.98. The summed E-state index contributed by atoms with van der Waals surface area (Å²) in [4.78, 5) is 24.7. The first-order valence-corrected chi connectivity index (χ1v) is 4.28. The molecule has 2 N–H and O–H groups in total. The molecule has 1 aromatic carbocycles. The first-order valence-electron chi connectivity index (χ1n) is 4.28. The molecule has 76 valence electrons. The van der Waals surface area contributed by atoms with Crippen LogP contribution in [0.2, 0.25) is 0 Å². The van der Waals surface area contributed by atoms with Gasteiger partial charge in [0.15, 0.2) is 0 Å². The van der Waals surface area contributed by atoms with E-state index in [0.717, 1.165) is 0 Å². The van der Waals surface area contributed by atoms with Gasteiger partial charge in [-0.1, -0.05) is 0 Å². The Morgan fingerprint density at radius 2 is 1.80 bits per heavy atom. The number of hydrogen-bond acceptors (Lipinski definition) is 3. The number of aromatic nitrogens is 2. The Bertz CT molecular complexity index is 581. The molecule has 0 saturated carbocycles. The zero-order chi connectivity index (χ0) is 10.8. The van der Waals surface area contributed by atoms with Crippen LogP contribution in [0.3, 0.4) is 0 Å². The van der Waals surface area contributed by atoms with Crippen LogP contribution >= 0.6 is 0 Å². The number of nitrogens with one attached hydrogen (secondary N) is 1. The van der Waals surface area contributed by atoms with E-state index in [0.29, 0.717) is 5.69 Å². The largest absolute Gasteiger partial charge is 0.508 e. The summed E-state index contributed by atoms with van der Waals surface area (Å²) in [5.41, 5.74) is -0.794. The van der Waals surface area contributed by atoms with Crippen LogP contribution < -0.4 is 11.1 Å². The summed E-state index contributed by atoms with van der Waals surface area (Å²) < 4.78 is 1.21. The summed E-state index contributed by atoms with van der Waals surface area (Å²) in [5.74, 6) is 0.108. The molecular formula is C10H8N2O3. The van der Waals surface area contributed by atoms with Crippen molar-refractivity contribution >= 4 is 0 Å². The molecule has 2 rings (SSSR count). The molecule has 0 atom stereocenters. The summed E-state index contributed by atoms with van der Waals surface area (Å²) in [5, 5.41) is 9.07. The van der Waals surface area contributed by atoms with Gasteiger partial charge in [-0.05, 0) is 24.3 Å². The van der Waals surface area contributed by atoms with Crippen molar-refractivity contribution in [3.05, 3.63) is 57.4 Å². The Kier molecular flexibility index (Phi) is 2.13. The SMILES string of the molecule is O=c1[nH]ccn(-c2ccc(O)cc2)c1=O. The standard InChI is InChI=1S/C10H8N2O3/c13-8-3-1-7(2-4-8)12-6-5-11-9(14)10(12)15/h1-6,13H,(H,11,14). The highest BCUT2D eigenvalue weighted by molar-refractivity contribution is 5.36. The molecule has 1 aromatic heterocycles. The minimum absolute atomic E-state index is 0.108. The summed E-state index contributed by atoms with van der Waals surface area (Å²) in [7, 11) is 0. The van der Waals surface area contributed by atoms with E-state index >= 15 is 0 Å². The van der Waals surface area contributed by atoms with Gasteiger partial charge in [0.25, 0.3) is 0 Å². The normalized spacial score (nSPS) is 10.1. The molecule has 0 spiro atoms. The third-order valence-electron chi connectivity index (χ3n) is 1.98. The van der Waals surface area contributed by atoms with Crippen molar-refractivity contribution < 1.29 is 5.11 Å². The molecule has 0 fully saturated rings. The van der Waals surface area contributed by atoms with Crippen LogP contribution in [0.25, 0.3) is 5.69 Å². The van der Waals surface area contributed by atoms with Crippen LogP contribution in [0.4, 0.5) is 0 Å². The van der Waals surface area contributed by atoms with Crippen molar-refractivity contribution in [3.63, 3.8) is 0 Å². The summed E-state index contributed by atoms with van der Waals surface area (Å²) in [6.45, 7) is 0. The highest BCUT2D eigenvalue weighted by Gasteiger charge is 2.01. The zero-order valence-electron chi connectivity index (χ0n) is 7.68. The van der Waals surface area contributed by atoms with Crippen molar-refractivity contribution in [1.82, 2.24) is 9.55 Å². The summed E-state index contributed by atoms with van der Waals surface area (Å²) >= 11 is 0. The minimum atomic E-state index is -0.675. The van der Waals surface area contributed by atoms with Gasteiger partial charge in [0.1, 0.15) is 5.75 Å². The molecule has 0 saturated heterocycles. The number of H-pyrrole nitrogens is 1. The maximum atomic E-state index is 11.4. The molecule has 5 heteroatoms. The van der Waals surface area contributed by atoms with Gasteiger partial charge in [-0.15, -0.1) is 0 Å². The van der Waals surface area contributed by atoms with Crippen LogP contribution in [-0.4, -0.2) is 14.7 Å². The molecule has 0 aliphatic heterocycles. The van der Waals surface area contributed by atoms with Gasteiger partial charge < -0.3 is 10.1 Å². The number of hydrogen-bond donors (Lipinski definition) is 2. The van der Waals surface area contributed by atoms with E-state index in [-0.39, 0.29) is 5.75 Å². The van der Waals surface area contributed by atoms with Crippen LogP contribution in [0.15, 0.2) is 46.2 Å². The molecule has 5 nitrogen and oxygen atoms in total. The van der Waals surface area contributed by atoms with Crippen LogP contribution in [0, 0.1) is 0 Å². The van der Waals surface area contributed by atoms with E-state index in [9.17, 15) is 9.59 Å². The maximum Gasteiger partial charge on any atom is 0.320 e. The third-order valence-corrected chi connectivity index (χ3v) is 1.98. The molecule has 0 radical (unpaired) electrons. The van der Waals surface area contributed by atoms with Crippen molar-refractivity contribution in [3.8, 4) is 11.4 Å². The Hall–Kier alpha value is -2.30. The van der Waals surface area contributed by atoms with Gasteiger partial charge in [-0.25, -0.2) is 0 Å². The number of phenolic OH excluding ortho intramolecular Hbond substituents is 1. The molecular weight excluding hydrogens is 196 g/mol. The lowest BCUT2D eigenvalue weighted by Gasteiger charge is -2.03. The monoisotopic (exact) mass is 204 g/mol. The molecule has 0 bridgehead atoms. The Balaban J connectivity index is 2.65. The highest BCUT2D eigenvalue weighted by atomic mass is 16.3. The van der Waals surface area contributed by atoms with E-state index in [1.165, 1.54) is 29.1 Å². The van der Waals surface area contributed by atoms with E-state index in [2.05, 4.69) is 4.98 Å². The first kappa shape index (κ1) is 9.26. The smallest absolute Gasteiger partial charge is 0.320 e. The molecule has 2 aromatic rings. The first-order chi connectivity index (χ1) is 7.18. The second-order valence-electron chi connectivity index (χ2n) is 2.98. The number of rotatable bonds is 1. The van der Waals surface area contributed by atoms with Gasteiger partial charge in [-0.3, -0.25) is 14.2 Å². The third kappa shape index (κ3) is 1.67. The summed E-state index contributed by atoms with van der Waals surface area (Å²) in [6.07, 6.45) is 2.84. The van der Waals surface area contributed by atoms with Crippen LogP contribution in [0.5, 0.6) is 5.75 Å². The van der Waals surface area contributed by atoms with E-state index in [1.807, 2.05) is 0 Å². The van der Waals surface area contributed by atoms with Crippen molar-refractivity contribution in [2.24, 2.45) is 0 Å². The average Bonchev–Trinajstić information content (AvgIpc) is 2.24. The minimum Gasteiger partial charge on any atom is -0.508 e. The number of benzene rings is 1. The molecule has 0 aliphatic carbocycles. The van der Waals surface area contributed by atoms with E-state index in [1.54, 1.807) is 12.1 Å². The lowest BCUT2D eigenvalue weighted by Crippen LogP contribution is -2.34. The number of phenols is 1. The predicted molar refractivity (Wildman–Crippen MR) is 54.3 cm³/mol. The van der Waals surface area contributed by atoms with Gasteiger partial charge in [-0.2, -0.15) is 0 Å². The fourth-order valence-electron chi connectivity index (χ4n) is 1.24. The Morgan fingerprint density at radius 1 is 1.13 bits per heavy atom. The van der Waals surface area contributed by atoms with Gasteiger partial charge >= 0.3 is 11.1 Å². The molecule has 1 heterocycles. The topological polar surface area (TPSA) is 75.1 Å². The lowest BCUT2D eigenvalue weighted by molar-refractivity contribution is 0.475. The quantitative estimate of drug-likeness (QED) is 0.653. The number of aromatic amines is 1. The Labute approximate surface area is 84.3 Å².